The third-order valence-corrected chi connectivity index (χ3v) is 4.11. The van der Waals surface area contributed by atoms with Crippen molar-refractivity contribution in [2.24, 2.45) is 5.41 Å². The van der Waals surface area contributed by atoms with Gasteiger partial charge in [0.05, 0.1) is 5.41 Å². The summed E-state index contributed by atoms with van der Waals surface area (Å²) in [4.78, 5) is 12.0. The van der Waals surface area contributed by atoms with E-state index in [4.69, 9.17) is 0 Å². The highest BCUT2D eigenvalue weighted by Crippen LogP contribution is 2.33. The van der Waals surface area contributed by atoms with E-state index in [1.165, 1.54) is 0 Å². The van der Waals surface area contributed by atoms with Crippen LogP contribution in [0, 0.1) is 5.41 Å². The molecule has 3 nitrogen and oxygen atoms in total. The zero-order chi connectivity index (χ0) is 13.6. The van der Waals surface area contributed by atoms with Crippen molar-refractivity contribution < 1.29 is 18.0 Å². The minimum Gasteiger partial charge on any atom is -0.355 e. The van der Waals surface area contributed by atoms with E-state index in [0.717, 1.165) is 32.4 Å². The third-order valence-electron chi connectivity index (χ3n) is 3.37. The first-order valence-electron chi connectivity index (χ1n) is 6.09. The van der Waals surface area contributed by atoms with Gasteiger partial charge in [-0.25, -0.2) is 0 Å². The van der Waals surface area contributed by atoms with Crippen LogP contribution in [0.15, 0.2) is 0 Å². The summed E-state index contributed by atoms with van der Waals surface area (Å²) in [5.41, 5.74) is -4.62. The van der Waals surface area contributed by atoms with Gasteiger partial charge in [0, 0.05) is 12.3 Å². The molecular formula is C11H19F3N2OS. The third kappa shape index (κ3) is 4.68. The molecule has 0 aromatic rings. The molecule has 0 bridgehead atoms. The molecule has 0 aromatic heterocycles. The molecule has 1 fully saturated rings. The molecular weight excluding hydrogens is 265 g/mol. The van der Waals surface area contributed by atoms with Crippen LogP contribution >= 0.6 is 11.8 Å². The van der Waals surface area contributed by atoms with Gasteiger partial charge in [-0.15, -0.1) is 0 Å². The summed E-state index contributed by atoms with van der Waals surface area (Å²) in [6.45, 7) is 3.60. The molecule has 0 radical (unpaired) electrons. The monoisotopic (exact) mass is 284 g/mol. The Labute approximate surface area is 109 Å². The molecule has 0 unspecified atom stereocenters. The molecule has 1 saturated heterocycles. The minimum absolute atomic E-state index is 0.0676. The topological polar surface area (TPSA) is 41.1 Å². The molecule has 0 aromatic carbocycles. The molecule has 106 valence electrons. The molecule has 1 amide bonds. The number of halogens is 3. The molecule has 1 rings (SSSR count). The molecule has 1 aliphatic rings. The fourth-order valence-corrected chi connectivity index (χ4v) is 2.60. The average Bonchev–Trinajstić information content (AvgIpc) is 2.34. The van der Waals surface area contributed by atoms with Gasteiger partial charge in [0.25, 0.3) is 0 Å². The van der Waals surface area contributed by atoms with Crippen molar-refractivity contribution in [3.63, 3.8) is 0 Å². The highest BCUT2D eigenvalue weighted by atomic mass is 32.2. The standard InChI is InChI=1S/C11H19F3N2OS/c1-2-10(3-5-15-6-4-10)9(17)16-7-8-18-11(12,13)14/h15H,2-8H2,1H3,(H,16,17). The largest absolute Gasteiger partial charge is 0.441 e. The fraction of sp³-hybridized carbons (Fsp3) is 0.909. The maximum absolute atomic E-state index is 12.0. The van der Waals surface area contributed by atoms with Crippen LogP contribution < -0.4 is 10.6 Å². The Hall–Kier alpha value is -0.430. The summed E-state index contributed by atoms with van der Waals surface area (Å²) in [5.74, 6) is -0.234. The Bertz CT molecular complexity index is 278. The molecule has 0 spiro atoms. The minimum atomic E-state index is -4.22. The number of hydrogen-bond acceptors (Lipinski definition) is 3. The predicted molar refractivity (Wildman–Crippen MR) is 66.4 cm³/mol. The van der Waals surface area contributed by atoms with Crippen molar-refractivity contribution >= 4 is 17.7 Å². The lowest BCUT2D eigenvalue weighted by molar-refractivity contribution is -0.132. The highest BCUT2D eigenvalue weighted by molar-refractivity contribution is 8.00. The average molecular weight is 284 g/mol. The summed E-state index contributed by atoms with van der Waals surface area (Å²) in [7, 11) is 0. The van der Waals surface area contributed by atoms with Crippen molar-refractivity contribution in [2.45, 2.75) is 31.7 Å². The van der Waals surface area contributed by atoms with Gasteiger partial charge < -0.3 is 10.6 Å². The molecule has 2 N–H and O–H groups in total. The first kappa shape index (κ1) is 15.6. The molecule has 7 heteroatoms. The van der Waals surface area contributed by atoms with E-state index in [0.29, 0.717) is 0 Å². The van der Waals surface area contributed by atoms with E-state index in [1.54, 1.807) is 0 Å². The zero-order valence-electron chi connectivity index (χ0n) is 10.4. The van der Waals surface area contributed by atoms with Crippen LogP contribution in [0.4, 0.5) is 13.2 Å². The Morgan fingerprint density at radius 2 is 2.00 bits per heavy atom. The Balaban J connectivity index is 2.34. The summed E-state index contributed by atoms with van der Waals surface area (Å²) in [6.07, 6.45) is 2.23. The van der Waals surface area contributed by atoms with Crippen LogP contribution in [0.25, 0.3) is 0 Å². The Morgan fingerprint density at radius 3 is 2.50 bits per heavy atom. The highest BCUT2D eigenvalue weighted by Gasteiger charge is 2.37. The smallest absolute Gasteiger partial charge is 0.355 e. The van der Waals surface area contributed by atoms with E-state index in [2.05, 4.69) is 10.6 Å². The number of alkyl halides is 3. The number of carbonyl (C=O) groups is 1. The molecule has 1 heterocycles. The van der Waals surface area contributed by atoms with Crippen LogP contribution in [-0.4, -0.2) is 36.8 Å². The van der Waals surface area contributed by atoms with Gasteiger partial charge in [0.15, 0.2) is 0 Å². The molecule has 0 aliphatic carbocycles. The van der Waals surface area contributed by atoms with Gasteiger partial charge in [0.2, 0.25) is 5.91 Å². The lowest BCUT2D eigenvalue weighted by Crippen LogP contribution is -2.47. The summed E-state index contributed by atoms with van der Waals surface area (Å²) < 4.78 is 35.8. The fourth-order valence-electron chi connectivity index (χ4n) is 2.17. The van der Waals surface area contributed by atoms with E-state index < -0.39 is 10.9 Å². The van der Waals surface area contributed by atoms with Gasteiger partial charge in [-0.1, -0.05) is 6.92 Å². The van der Waals surface area contributed by atoms with Gasteiger partial charge in [-0.3, -0.25) is 4.79 Å². The Kier molecular flexibility index (Phi) is 5.78. The second kappa shape index (κ2) is 6.65. The Morgan fingerprint density at radius 1 is 1.39 bits per heavy atom. The number of hydrogen-bond donors (Lipinski definition) is 2. The lowest BCUT2D eigenvalue weighted by Gasteiger charge is -2.35. The van der Waals surface area contributed by atoms with Crippen molar-refractivity contribution in [1.29, 1.82) is 0 Å². The van der Waals surface area contributed by atoms with Gasteiger partial charge in [-0.05, 0) is 44.1 Å². The number of nitrogens with one attached hydrogen (secondary N) is 2. The van der Waals surface area contributed by atoms with Crippen LogP contribution in [0.2, 0.25) is 0 Å². The second-order valence-corrected chi connectivity index (χ2v) is 5.59. The summed E-state index contributed by atoms with van der Waals surface area (Å²) in [5, 5.41) is 5.81. The van der Waals surface area contributed by atoms with Gasteiger partial charge in [-0.2, -0.15) is 13.2 Å². The SMILES string of the molecule is CCC1(C(=O)NCCSC(F)(F)F)CCNCC1. The molecule has 0 saturated carbocycles. The van der Waals surface area contributed by atoms with Crippen LogP contribution in [0.1, 0.15) is 26.2 Å². The number of rotatable bonds is 5. The normalized spacial score (nSPS) is 19.6. The number of thioether (sulfide) groups is 1. The first-order valence-corrected chi connectivity index (χ1v) is 7.08. The summed E-state index contributed by atoms with van der Waals surface area (Å²) >= 11 is -0.0983. The zero-order valence-corrected chi connectivity index (χ0v) is 11.2. The summed E-state index contributed by atoms with van der Waals surface area (Å²) in [6, 6.07) is 0. The maximum atomic E-state index is 12.0. The predicted octanol–water partition coefficient (Wildman–Crippen LogP) is 2.14. The quantitative estimate of drug-likeness (QED) is 0.760. The van der Waals surface area contributed by atoms with Crippen molar-refractivity contribution in [3.05, 3.63) is 0 Å². The van der Waals surface area contributed by atoms with E-state index >= 15 is 0 Å². The van der Waals surface area contributed by atoms with Crippen molar-refractivity contribution in [1.82, 2.24) is 10.6 Å². The van der Waals surface area contributed by atoms with E-state index in [-0.39, 0.29) is 30.0 Å². The van der Waals surface area contributed by atoms with Crippen LogP contribution in [-0.2, 0) is 4.79 Å². The number of amides is 1. The van der Waals surface area contributed by atoms with Crippen LogP contribution in [0.5, 0.6) is 0 Å². The molecule has 1 aliphatic heterocycles. The lowest BCUT2D eigenvalue weighted by atomic mass is 9.76. The second-order valence-electron chi connectivity index (χ2n) is 4.43. The van der Waals surface area contributed by atoms with E-state index in [9.17, 15) is 18.0 Å². The number of piperidine rings is 1. The first-order chi connectivity index (χ1) is 8.40. The van der Waals surface area contributed by atoms with Gasteiger partial charge >= 0.3 is 5.51 Å². The molecule has 18 heavy (non-hydrogen) atoms. The van der Waals surface area contributed by atoms with Crippen molar-refractivity contribution in [3.8, 4) is 0 Å². The van der Waals surface area contributed by atoms with Gasteiger partial charge in [0.1, 0.15) is 0 Å². The van der Waals surface area contributed by atoms with Crippen LogP contribution in [0.3, 0.4) is 0 Å². The number of carbonyl (C=O) groups excluding carboxylic acids is 1. The van der Waals surface area contributed by atoms with Crippen molar-refractivity contribution in [2.75, 3.05) is 25.4 Å². The molecule has 0 atom stereocenters. The van der Waals surface area contributed by atoms with E-state index in [1.807, 2.05) is 6.92 Å². The maximum Gasteiger partial charge on any atom is 0.441 e.